The molecule has 0 unspecified atom stereocenters. The van der Waals surface area contributed by atoms with Crippen LogP contribution in [0.2, 0.25) is 0 Å². The van der Waals surface area contributed by atoms with Gasteiger partial charge in [-0.3, -0.25) is 9.59 Å². The van der Waals surface area contributed by atoms with Crippen LogP contribution in [0.4, 0.5) is 5.69 Å². The summed E-state index contributed by atoms with van der Waals surface area (Å²) in [5.74, 6) is -0.0353. The highest BCUT2D eigenvalue weighted by Gasteiger charge is 2.31. The lowest BCUT2D eigenvalue weighted by Gasteiger charge is -2.13. The van der Waals surface area contributed by atoms with E-state index in [9.17, 15) is 9.59 Å². The number of anilines is 1. The number of carbonyl (C=O) groups is 2. The van der Waals surface area contributed by atoms with Gasteiger partial charge in [0.15, 0.2) is 0 Å². The molecule has 2 aromatic carbocycles. The van der Waals surface area contributed by atoms with Crippen molar-refractivity contribution < 1.29 is 14.3 Å². The van der Waals surface area contributed by atoms with Crippen molar-refractivity contribution >= 4 is 40.1 Å². The molecule has 2 heterocycles. The van der Waals surface area contributed by atoms with Crippen molar-refractivity contribution in [1.29, 1.82) is 0 Å². The quantitative estimate of drug-likeness (QED) is 0.449. The third kappa shape index (κ3) is 4.11. The monoisotopic (exact) mass is 417 g/mol. The number of para-hydroxylation sites is 2. The Labute approximate surface area is 182 Å². The molecule has 0 fully saturated rings. The molecular formula is C25H27N3O3. The van der Waals surface area contributed by atoms with Crippen molar-refractivity contribution in [1.82, 2.24) is 9.88 Å². The lowest BCUT2D eigenvalue weighted by atomic mass is 10.0. The van der Waals surface area contributed by atoms with Crippen LogP contribution < -0.4 is 10.2 Å². The molecule has 0 saturated heterocycles. The second-order valence-electron chi connectivity index (χ2n) is 7.55. The highest BCUT2D eigenvalue weighted by molar-refractivity contribution is 6.36. The van der Waals surface area contributed by atoms with Gasteiger partial charge >= 0.3 is 0 Å². The minimum atomic E-state index is -0.0458. The fourth-order valence-electron chi connectivity index (χ4n) is 4.09. The van der Waals surface area contributed by atoms with E-state index in [1.165, 1.54) is 0 Å². The molecule has 4 rings (SSSR count). The lowest BCUT2D eigenvalue weighted by molar-refractivity contribution is -0.121. The van der Waals surface area contributed by atoms with Crippen LogP contribution in [0.1, 0.15) is 24.5 Å². The smallest absolute Gasteiger partial charge is 0.258 e. The maximum absolute atomic E-state index is 13.1. The third-order valence-corrected chi connectivity index (χ3v) is 5.56. The van der Waals surface area contributed by atoms with E-state index in [4.69, 9.17) is 4.74 Å². The van der Waals surface area contributed by atoms with Crippen LogP contribution in [0.3, 0.4) is 0 Å². The Balaban J connectivity index is 1.67. The van der Waals surface area contributed by atoms with Crippen molar-refractivity contribution in [3.05, 3.63) is 65.9 Å². The summed E-state index contributed by atoms with van der Waals surface area (Å²) in [4.78, 5) is 27.3. The average molecular weight is 418 g/mol. The summed E-state index contributed by atoms with van der Waals surface area (Å²) in [6, 6.07) is 15.8. The minimum absolute atomic E-state index is 0.0106. The van der Waals surface area contributed by atoms with Crippen LogP contribution in [-0.2, 0) is 20.9 Å². The number of nitrogens with one attached hydrogen (secondary N) is 1. The molecule has 0 radical (unpaired) electrons. The van der Waals surface area contributed by atoms with Crippen molar-refractivity contribution in [2.24, 2.45) is 0 Å². The number of hydrogen-bond acceptors (Lipinski definition) is 3. The zero-order valence-electron chi connectivity index (χ0n) is 17.9. The highest BCUT2D eigenvalue weighted by atomic mass is 16.5. The van der Waals surface area contributed by atoms with Crippen LogP contribution in [0, 0.1) is 0 Å². The Morgan fingerprint density at radius 2 is 1.90 bits per heavy atom. The molecule has 1 aliphatic heterocycles. The highest BCUT2D eigenvalue weighted by Crippen LogP contribution is 2.38. The van der Waals surface area contributed by atoms with E-state index in [2.05, 4.69) is 5.32 Å². The maximum atomic E-state index is 13.1. The van der Waals surface area contributed by atoms with Gasteiger partial charge in [-0.15, -0.1) is 0 Å². The van der Waals surface area contributed by atoms with Gasteiger partial charge in [-0.25, -0.2) is 0 Å². The number of likely N-dealkylation sites (N-methyl/N-ethyl adjacent to an activating group) is 1. The van der Waals surface area contributed by atoms with E-state index in [-0.39, 0.29) is 18.4 Å². The fourth-order valence-corrected chi connectivity index (χ4v) is 4.09. The van der Waals surface area contributed by atoms with E-state index in [1.807, 2.05) is 72.3 Å². The fraction of sp³-hybridized carbons (Fsp3) is 0.280. The molecule has 0 spiro atoms. The van der Waals surface area contributed by atoms with E-state index in [1.54, 1.807) is 12.0 Å². The Bertz CT molecular complexity index is 1150. The molecule has 0 saturated carbocycles. The van der Waals surface area contributed by atoms with Crippen molar-refractivity contribution in [3.8, 4) is 0 Å². The summed E-state index contributed by atoms with van der Waals surface area (Å²) in [6.07, 6.45) is 4.69. The van der Waals surface area contributed by atoms with Crippen LogP contribution in [0.15, 0.2) is 54.7 Å². The van der Waals surface area contributed by atoms with Gasteiger partial charge in [0.1, 0.15) is 6.54 Å². The predicted octanol–water partition coefficient (Wildman–Crippen LogP) is 3.70. The number of methoxy groups -OCH3 is 1. The van der Waals surface area contributed by atoms with Crippen LogP contribution in [0.25, 0.3) is 22.6 Å². The van der Waals surface area contributed by atoms with Gasteiger partial charge in [0.25, 0.3) is 5.91 Å². The molecule has 1 N–H and O–H groups in total. The number of nitrogens with zero attached hydrogens (tertiary/aromatic N) is 2. The first-order valence-electron chi connectivity index (χ1n) is 10.6. The van der Waals surface area contributed by atoms with Gasteiger partial charge in [0, 0.05) is 60.6 Å². The second-order valence-corrected chi connectivity index (χ2v) is 7.55. The first-order chi connectivity index (χ1) is 15.1. The molecule has 160 valence electrons. The van der Waals surface area contributed by atoms with Crippen LogP contribution in [-0.4, -0.2) is 43.2 Å². The maximum Gasteiger partial charge on any atom is 0.258 e. The summed E-state index contributed by atoms with van der Waals surface area (Å²) < 4.78 is 6.96. The standard InChI is InChI=1S/C25H27N3O3/c1-3-28-23-12-7-5-10-20(23)21(25(28)30)15-18-16-27(22-11-6-4-9-19(18)22)17-24(29)26-13-8-14-31-2/h4-7,9-12,15-16H,3,8,13-14,17H2,1-2H3,(H,26,29)/b21-15+. The Kier molecular flexibility index (Phi) is 6.18. The molecule has 1 aliphatic rings. The normalized spacial score (nSPS) is 14.5. The zero-order chi connectivity index (χ0) is 21.8. The van der Waals surface area contributed by atoms with E-state index >= 15 is 0 Å². The summed E-state index contributed by atoms with van der Waals surface area (Å²) in [6.45, 7) is 4.03. The summed E-state index contributed by atoms with van der Waals surface area (Å²) in [5.41, 5.74) is 4.47. The largest absolute Gasteiger partial charge is 0.385 e. The number of amides is 2. The number of ether oxygens (including phenoxy) is 1. The van der Waals surface area contributed by atoms with Crippen molar-refractivity contribution in [2.45, 2.75) is 19.9 Å². The SMILES string of the molecule is CCN1C(=O)/C(=C/c2cn(CC(=O)NCCCOC)c3ccccc23)c2ccccc21. The first kappa shape index (κ1) is 20.9. The minimum Gasteiger partial charge on any atom is -0.385 e. The van der Waals surface area contributed by atoms with Crippen LogP contribution in [0.5, 0.6) is 0 Å². The first-order valence-corrected chi connectivity index (χ1v) is 10.6. The summed E-state index contributed by atoms with van der Waals surface area (Å²) in [7, 11) is 1.65. The van der Waals surface area contributed by atoms with Gasteiger partial charge in [-0.1, -0.05) is 36.4 Å². The molecule has 6 nitrogen and oxygen atoms in total. The average Bonchev–Trinajstić information content (AvgIpc) is 3.26. The number of benzene rings is 2. The molecule has 0 aliphatic carbocycles. The molecule has 0 bridgehead atoms. The number of hydrogen-bond donors (Lipinski definition) is 1. The molecular weight excluding hydrogens is 390 g/mol. The van der Waals surface area contributed by atoms with Gasteiger partial charge in [-0.05, 0) is 31.6 Å². The predicted molar refractivity (Wildman–Crippen MR) is 124 cm³/mol. The zero-order valence-corrected chi connectivity index (χ0v) is 17.9. The Morgan fingerprint density at radius 1 is 1.13 bits per heavy atom. The van der Waals surface area contributed by atoms with Gasteiger partial charge in [-0.2, -0.15) is 0 Å². The molecule has 31 heavy (non-hydrogen) atoms. The van der Waals surface area contributed by atoms with Gasteiger partial charge in [0.2, 0.25) is 5.91 Å². The van der Waals surface area contributed by atoms with Crippen LogP contribution >= 0.6 is 0 Å². The molecule has 1 aromatic heterocycles. The second kappa shape index (κ2) is 9.18. The third-order valence-electron chi connectivity index (χ3n) is 5.56. The van der Waals surface area contributed by atoms with E-state index in [0.717, 1.165) is 34.1 Å². The van der Waals surface area contributed by atoms with Gasteiger partial charge in [0.05, 0.1) is 5.69 Å². The Hall–Kier alpha value is -3.38. The number of carbonyl (C=O) groups excluding carboxylic acids is 2. The number of fused-ring (bicyclic) bond motifs is 2. The summed E-state index contributed by atoms with van der Waals surface area (Å²) in [5, 5.41) is 3.95. The Morgan fingerprint density at radius 3 is 2.71 bits per heavy atom. The van der Waals surface area contributed by atoms with Gasteiger partial charge < -0.3 is 19.5 Å². The molecule has 2 amide bonds. The topological polar surface area (TPSA) is 63.6 Å². The van der Waals surface area contributed by atoms with E-state index < -0.39 is 0 Å². The molecule has 0 atom stereocenters. The number of aromatic nitrogens is 1. The molecule has 3 aromatic rings. The van der Waals surface area contributed by atoms with E-state index in [0.29, 0.717) is 25.3 Å². The van der Waals surface area contributed by atoms with Crippen molar-refractivity contribution in [3.63, 3.8) is 0 Å². The lowest BCUT2D eigenvalue weighted by Crippen LogP contribution is -2.28. The van der Waals surface area contributed by atoms with Crippen molar-refractivity contribution in [2.75, 3.05) is 31.7 Å². The summed E-state index contributed by atoms with van der Waals surface area (Å²) >= 11 is 0. The molecule has 6 heteroatoms. The number of rotatable bonds is 8.